The lowest BCUT2D eigenvalue weighted by Gasteiger charge is -2.23. The Morgan fingerprint density at radius 3 is 2.72 bits per heavy atom. The Balaban J connectivity index is 1.82. The summed E-state index contributed by atoms with van der Waals surface area (Å²) in [6.45, 7) is 8.37. The van der Waals surface area contributed by atoms with E-state index >= 15 is 0 Å². The highest BCUT2D eigenvalue weighted by Crippen LogP contribution is 2.46. The molecule has 0 N–H and O–H groups in total. The first-order valence-corrected chi connectivity index (χ1v) is 11.8. The van der Waals surface area contributed by atoms with Gasteiger partial charge in [-0.3, -0.25) is 14.4 Å². The minimum atomic E-state index is -0.346. The number of hydrogen-bond acceptors (Lipinski definition) is 4. The van der Waals surface area contributed by atoms with Crippen molar-refractivity contribution in [2.24, 2.45) is 0 Å². The molecule has 2 aromatic heterocycles. The van der Waals surface area contributed by atoms with E-state index in [1.54, 1.807) is 18.9 Å². The predicted octanol–water partition coefficient (Wildman–Crippen LogP) is 5.33. The smallest absolute Gasteiger partial charge is 0.308 e. The highest BCUT2D eigenvalue weighted by molar-refractivity contribution is 14.1. The third-order valence-corrected chi connectivity index (χ3v) is 6.88. The molecule has 32 heavy (non-hydrogen) atoms. The molecular weight excluding hydrogens is 515 g/mol. The van der Waals surface area contributed by atoms with Crippen LogP contribution in [0.2, 0.25) is 0 Å². The number of ether oxygens (including phenoxy) is 1. The number of carbonyl (C=O) groups is 1. The summed E-state index contributed by atoms with van der Waals surface area (Å²) in [6, 6.07) is 8.04. The molecule has 1 amide bonds. The highest BCUT2D eigenvalue weighted by atomic mass is 127. The molecule has 1 aliphatic carbocycles. The van der Waals surface area contributed by atoms with Crippen LogP contribution in [0.5, 0.6) is 0 Å². The lowest BCUT2D eigenvalue weighted by Crippen LogP contribution is -2.29. The molecular formula is C25H27IN4O2. The lowest BCUT2D eigenvalue weighted by atomic mass is 10.0. The minimum absolute atomic E-state index is 0.283. The number of rotatable bonds is 6. The van der Waals surface area contributed by atoms with Crippen molar-refractivity contribution in [3.05, 3.63) is 45.2 Å². The van der Waals surface area contributed by atoms with Gasteiger partial charge in [0.05, 0.1) is 24.0 Å². The predicted molar refractivity (Wildman–Crippen MR) is 135 cm³/mol. The van der Waals surface area contributed by atoms with E-state index in [9.17, 15) is 4.79 Å². The number of anilines is 2. The summed E-state index contributed by atoms with van der Waals surface area (Å²) < 4.78 is 8.57. The maximum atomic E-state index is 13.2. The third kappa shape index (κ3) is 4.66. The molecule has 0 radical (unpaired) electrons. The summed E-state index contributed by atoms with van der Waals surface area (Å²) in [5.74, 6) is 6.21. The minimum Gasteiger partial charge on any atom is -0.377 e. The molecule has 0 aliphatic heterocycles. The summed E-state index contributed by atoms with van der Waals surface area (Å²) in [7, 11) is 1.69. The number of carbonyl (C=O) groups excluding carboxylic acids is 1. The van der Waals surface area contributed by atoms with Crippen LogP contribution in [0.4, 0.5) is 11.5 Å². The fraction of sp³-hybridized carbons (Fsp3) is 0.400. The van der Waals surface area contributed by atoms with Crippen molar-refractivity contribution in [1.82, 2.24) is 14.8 Å². The van der Waals surface area contributed by atoms with Gasteiger partial charge >= 0.3 is 5.91 Å². The molecule has 1 fully saturated rings. The van der Waals surface area contributed by atoms with E-state index in [1.807, 2.05) is 36.9 Å². The second-order valence-electron chi connectivity index (χ2n) is 8.81. The molecule has 0 bridgehead atoms. The molecule has 1 saturated carbocycles. The van der Waals surface area contributed by atoms with E-state index < -0.39 is 0 Å². The largest absolute Gasteiger partial charge is 0.377 e. The van der Waals surface area contributed by atoms with Crippen LogP contribution >= 0.6 is 22.6 Å². The first-order valence-electron chi connectivity index (χ1n) is 10.7. The van der Waals surface area contributed by atoms with Crippen LogP contribution in [-0.4, -0.2) is 33.4 Å². The molecule has 166 valence electrons. The van der Waals surface area contributed by atoms with Crippen LogP contribution in [0.3, 0.4) is 0 Å². The van der Waals surface area contributed by atoms with Gasteiger partial charge in [0.1, 0.15) is 16.9 Å². The Morgan fingerprint density at radius 2 is 2.06 bits per heavy atom. The summed E-state index contributed by atoms with van der Waals surface area (Å²) in [5, 5.41) is 4.62. The van der Waals surface area contributed by atoms with Crippen LogP contribution in [0.15, 0.2) is 30.5 Å². The number of methoxy groups -OCH3 is 1. The van der Waals surface area contributed by atoms with Crippen molar-refractivity contribution in [2.45, 2.75) is 58.6 Å². The molecule has 1 aromatic carbocycles. The quantitative estimate of drug-likeness (QED) is 0.312. The topological polar surface area (TPSA) is 60.2 Å². The van der Waals surface area contributed by atoms with Gasteiger partial charge in [-0.1, -0.05) is 5.92 Å². The number of nitrogens with zero attached hydrogens (tertiary/aromatic N) is 4. The molecule has 6 nitrogen and oxygen atoms in total. The molecule has 0 saturated heterocycles. The number of halogens is 1. The number of hydrogen-bond donors (Lipinski definition) is 0. The van der Waals surface area contributed by atoms with Gasteiger partial charge in [0, 0.05) is 10.7 Å². The average molecular weight is 542 g/mol. The number of amides is 1. The van der Waals surface area contributed by atoms with E-state index in [0.29, 0.717) is 18.3 Å². The van der Waals surface area contributed by atoms with Gasteiger partial charge in [-0.05, 0) is 110 Å². The average Bonchev–Trinajstić information content (AvgIpc) is 3.50. The highest BCUT2D eigenvalue weighted by Gasteiger charge is 2.31. The summed E-state index contributed by atoms with van der Waals surface area (Å²) in [6.07, 6.45) is 4.18. The monoisotopic (exact) mass is 542 g/mol. The first kappa shape index (κ1) is 22.7. The van der Waals surface area contributed by atoms with Crippen LogP contribution in [0, 0.1) is 22.3 Å². The molecule has 4 rings (SSSR count). The zero-order valence-corrected chi connectivity index (χ0v) is 21.2. The van der Waals surface area contributed by atoms with Crippen LogP contribution in [-0.2, 0) is 16.1 Å². The fourth-order valence-electron chi connectivity index (χ4n) is 3.70. The standard InChI is InChI=1S/C25H27IN4O2/c1-6-7-24(31)30(22-12-16(2)19(26)13-18(22)17-8-9-17)23-11-10-20-21(27-23)14-29(28-20)15-25(3,4)32-5/h10-14,17H,8-9,15H2,1-5H3. The van der Waals surface area contributed by atoms with Crippen LogP contribution < -0.4 is 4.90 Å². The van der Waals surface area contributed by atoms with Crippen molar-refractivity contribution in [2.75, 3.05) is 12.0 Å². The van der Waals surface area contributed by atoms with Gasteiger partial charge in [0.25, 0.3) is 0 Å². The van der Waals surface area contributed by atoms with E-state index in [1.165, 1.54) is 9.13 Å². The Kier molecular flexibility index (Phi) is 6.28. The molecule has 0 atom stereocenters. The molecule has 1 aliphatic rings. The lowest BCUT2D eigenvalue weighted by molar-refractivity contribution is -0.112. The molecule has 0 unspecified atom stereocenters. The van der Waals surface area contributed by atoms with Crippen molar-refractivity contribution < 1.29 is 9.53 Å². The van der Waals surface area contributed by atoms with Crippen molar-refractivity contribution in [3.8, 4) is 11.8 Å². The number of pyridine rings is 1. The first-order chi connectivity index (χ1) is 15.2. The number of benzene rings is 1. The Morgan fingerprint density at radius 1 is 1.31 bits per heavy atom. The van der Waals surface area contributed by atoms with E-state index in [4.69, 9.17) is 9.72 Å². The number of fused-ring (bicyclic) bond motifs is 1. The fourth-order valence-corrected chi connectivity index (χ4v) is 4.19. The van der Waals surface area contributed by atoms with Gasteiger partial charge in [0.2, 0.25) is 0 Å². The van der Waals surface area contributed by atoms with Gasteiger partial charge in [0.15, 0.2) is 0 Å². The number of aromatic nitrogens is 3. The van der Waals surface area contributed by atoms with E-state index in [2.05, 4.69) is 58.6 Å². The van der Waals surface area contributed by atoms with Crippen molar-refractivity contribution in [3.63, 3.8) is 0 Å². The second-order valence-corrected chi connectivity index (χ2v) is 9.98. The third-order valence-electron chi connectivity index (χ3n) is 5.72. The molecule has 2 heterocycles. The molecule has 7 heteroatoms. The second kappa shape index (κ2) is 8.83. The normalized spacial score (nSPS) is 13.7. The summed E-state index contributed by atoms with van der Waals surface area (Å²) >= 11 is 2.36. The Labute approximate surface area is 202 Å². The van der Waals surface area contributed by atoms with Crippen LogP contribution in [0.1, 0.15) is 50.7 Å². The van der Waals surface area contributed by atoms with Gasteiger partial charge < -0.3 is 4.74 Å². The molecule has 0 spiro atoms. The van der Waals surface area contributed by atoms with Gasteiger partial charge in [-0.15, -0.1) is 0 Å². The van der Waals surface area contributed by atoms with E-state index in [0.717, 1.165) is 35.1 Å². The van der Waals surface area contributed by atoms with Crippen molar-refractivity contribution in [1.29, 1.82) is 0 Å². The zero-order chi connectivity index (χ0) is 23.0. The van der Waals surface area contributed by atoms with Crippen LogP contribution in [0.25, 0.3) is 11.0 Å². The van der Waals surface area contributed by atoms with Gasteiger partial charge in [-0.25, -0.2) is 4.98 Å². The maximum absolute atomic E-state index is 13.2. The summed E-state index contributed by atoms with van der Waals surface area (Å²) in [5.41, 5.74) is 4.34. The number of aryl methyl sites for hydroxylation is 1. The SMILES string of the molecule is CC#CC(=O)N(c1ccc2nn(CC(C)(C)OC)cc2n1)c1cc(C)c(I)cc1C1CC1. The maximum Gasteiger partial charge on any atom is 0.308 e. The van der Waals surface area contributed by atoms with E-state index in [-0.39, 0.29) is 11.5 Å². The van der Waals surface area contributed by atoms with Gasteiger partial charge in [-0.2, -0.15) is 5.10 Å². The molecule has 3 aromatic rings. The van der Waals surface area contributed by atoms with Crippen molar-refractivity contribution >= 4 is 51.0 Å². The Bertz CT molecular complexity index is 1250. The summed E-state index contributed by atoms with van der Waals surface area (Å²) in [4.78, 5) is 19.6. The zero-order valence-electron chi connectivity index (χ0n) is 19.1. The Hall–Kier alpha value is -2.44.